The predicted molar refractivity (Wildman–Crippen MR) is 164 cm³/mol. The van der Waals surface area contributed by atoms with Crippen LogP contribution in [0.5, 0.6) is 0 Å². The molecule has 3 N–H and O–H groups in total. The zero-order valence-corrected chi connectivity index (χ0v) is 26.1. The summed E-state index contributed by atoms with van der Waals surface area (Å²) < 4.78 is 5.68. The number of thiazole rings is 1. The number of benzene rings is 1. The van der Waals surface area contributed by atoms with Crippen LogP contribution < -0.4 is 16.0 Å². The zero-order chi connectivity index (χ0) is 31.9. The lowest BCUT2D eigenvalue weighted by Gasteiger charge is -2.30. The quantitative estimate of drug-likeness (QED) is 0.384. The fourth-order valence-electron chi connectivity index (χ4n) is 5.25. The fourth-order valence-corrected chi connectivity index (χ4v) is 6.27. The van der Waals surface area contributed by atoms with Crippen molar-refractivity contribution in [2.24, 2.45) is 5.92 Å². The molecule has 1 fully saturated rings. The van der Waals surface area contributed by atoms with Gasteiger partial charge in [0.15, 0.2) is 5.69 Å². The van der Waals surface area contributed by atoms with Crippen molar-refractivity contribution in [3.63, 3.8) is 0 Å². The molecule has 0 aliphatic carbocycles. The van der Waals surface area contributed by atoms with Gasteiger partial charge in [0.05, 0.1) is 19.1 Å². The first-order valence-electron chi connectivity index (χ1n) is 15.1. The molecular weight excluding hydrogens is 598 g/mol. The van der Waals surface area contributed by atoms with E-state index in [4.69, 9.17) is 4.42 Å². The molecule has 0 radical (unpaired) electrons. The summed E-state index contributed by atoms with van der Waals surface area (Å²) in [6.07, 6.45) is 3.56. The van der Waals surface area contributed by atoms with Crippen LogP contribution in [0.3, 0.4) is 0 Å². The molecule has 0 saturated carbocycles. The van der Waals surface area contributed by atoms with Crippen molar-refractivity contribution in [2.45, 2.75) is 51.6 Å². The normalized spacial score (nSPS) is 20.2. The van der Waals surface area contributed by atoms with E-state index in [1.165, 1.54) is 27.4 Å². The Morgan fingerprint density at radius 1 is 1.02 bits per heavy atom. The fraction of sp³-hybridized carbons (Fsp3) is 0.452. The molecule has 4 heterocycles. The molecule has 4 bridgehead atoms. The van der Waals surface area contributed by atoms with E-state index in [9.17, 15) is 24.0 Å². The van der Waals surface area contributed by atoms with Gasteiger partial charge in [0, 0.05) is 37.9 Å². The van der Waals surface area contributed by atoms with Gasteiger partial charge in [0.1, 0.15) is 23.0 Å². The number of hydrogen-bond donors (Lipinski definition) is 3. The van der Waals surface area contributed by atoms with Gasteiger partial charge >= 0.3 is 0 Å². The number of rotatable bonds is 5. The van der Waals surface area contributed by atoms with Gasteiger partial charge in [-0.2, -0.15) is 0 Å². The van der Waals surface area contributed by atoms with Crippen LogP contribution in [0.2, 0.25) is 0 Å². The molecule has 2 aliphatic heterocycles. The average Bonchev–Trinajstić information content (AvgIpc) is 3.71. The number of nitrogens with zero attached hydrogens (tertiary/aromatic N) is 4. The van der Waals surface area contributed by atoms with Crippen LogP contribution in [0.15, 0.2) is 46.4 Å². The van der Waals surface area contributed by atoms with Crippen LogP contribution in [0.25, 0.3) is 0 Å². The van der Waals surface area contributed by atoms with Crippen LogP contribution >= 0.6 is 11.3 Å². The third-order valence-electron chi connectivity index (χ3n) is 7.75. The van der Waals surface area contributed by atoms with E-state index in [1.54, 1.807) is 5.38 Å². The van der Waals surface area contributed by atoms with Crippen LogP contribution in [-0.2, 0) is 20.8 Å². The molecule has 1 aromatic carbocycles. The Labute approximate surface area is 264 Å². The lowest BCUT2D eigenvalue weighted by molar-refractivity contribution is -0.143. The van der Waals surface area contributed by atoms with Gasteiger partial charge in [0.25, 0.3) is 11.8 Å². The summed E-state index contributed by atoms with van der Waals surface area (Å²) in [5.41, 5.74) is 1.09. The van der Waals surface area contributed by atoms with E-state index in [0.717, 1.165) is 18.4 Å². The number of amides is 5. The van der Waals surface area contributed by atoms with Gasteiger partial charge in [-0.3, -0.25) is 24.0 Å². The number of hydrogen-bond acceptors (Lipinski definition) is 9. The molecule has 2 atom stereocenters. The van der Waals surface area contributed by atoms with Gasteiger partial charge in [-0.25, -0.2) is 9.97 Å². The summed E-state index contributed by atoms with van der Waals surface area (Å²) in [6, 6.07) is 8.28. The van der Waals surface area contributed by atoms with E-state index < -0.39 is 35.7 Å². The molecule has 2 aliphatic rings. The second-order valence-corrected chi connectivity index (χ2v) is 12.4. The Morgan fingerprint density at radius 3 is 2.58 bits per heavy atom. The second kappa shape index (κ2) is 14.5. The third-order valence-corrected chi connectivity index (χ3v) is 8.67. The molecule has 2 aromatic heterocycles. The first kappa shape index (κ1) is 31.8. The molecular formula is C31H37N7O6S. The highest BCUT2D eigenvalue weighted by molar-refractivity contribution is 7.09. The minimum atomic E-state index is -0.698. The Bertz CT molecular complexity index is 1540. The number of oxazole rings is 1. The summed E-state index contributed by atoms with van der Waals surface area (Å²) in [6.45, 7) is 3.97. The number of piperidine rings is 1. The number of fused-ring (bicyclic) bond motifs is 4. The minimum Gasteiger partial charge on any atom is -0.446 e. The van der Waals surface area contributed by atoms with Crippen molar-refractivity contribution >= 4 is 40.9 Å². The molecule has 5 amide bonds. The molecule has 0 unspecified atom stereocenters. The first-order chi connectivity index (χ1) is 21.7. The highest BCUT2D eigenvalue weighted by Gasteiger charge is 2.29. The van der Waals surface area contributed by atoms with Crippen LogP contribution in [0.4, 0.5) is 0 Å². The summed E-state index contributed by atoms with van der Waals surface area (Å²) >= 11 is 1.25. The van der Waals surface area contributed by atoms with Crippen LogP contribution in [0, 0.1) is 5.92 Å². The number of aromatic nitrogens is 2. The van der Waals surface area contributed by atoms with Gasteiger partial charge in [-0.05, 0) is 24.3 Å². The van der Waals surface area contributed by atoms with Crippen molar-refractivity contribution < 1.29 is 28.4 Å². The Kier molecular flexibility index (Phi) is 10.2. The largest absolute Gasteiger partial charge is 0.446 e. The van der Waals surface area contributed by atoms with Crippen molar-refractivity contribution in [2.75, 3.05) is 32.7 Å². The molecule has 1 saturated heterocycles. The minimum absolute atomic E-state index is 0.00341. The highest BCUT2D eigenvalue weighted by atomic mass is 32.1. The van der Waals surface area contributed by atoms with Gasteiger partial charge in [-0.1, -0.05) is 44.2 Å². The molecule has 238 valence electrons. The Morgan fingerprint density at radius 2 is 1.82 bits per heavy atom. The second-order valence-electron chi connectivity index (χ2n) is 11.5. The zero-order valence-electron chi connectivity index (χ0n) is 25.3. The van der Waals surface area contributed by atoms with Crippen LogP contribution in [-0.4, -0.2) is 82.0 Å². The molecule has 13 nitrogen and oxygen atoms in total. The van der Waals surface area contributed by atoms with E-state index in [-0.39, 0.29) is 55.3 Å². The summed E-state index contributed by atoms with van der Waals surface area (Å²) in [5.74, 6) is -1.83. The van der Waals surface area contributed by atoms with Crippen LogP contribution in [0.1, 0.15) is 82.6 Å². The van der Waals surface area contributed by atoms with Gasteiger partial charge in [0.2, 0.25) is 23.6 Å². The predicted octanol–water partition coefficient (Wildman–Crippen LogP) is 2.24. The molecule has 14 heteroatoms. The SMILES string of the molecule is CC(C)[C@@H]1NC(=O)CN(C(=O)CN2CCCCC2=O)CCNC(=O)c2coc(n2)[C@H](Cc2ccccc2)NC(=O)c2csc1n2. The summed E-state index contributed by atoms with van der Waals surface area (Å²) in [5, 5.41) is 10.8. The maximum absolute atomic E-state index is 13.4. The van der Waals surface area contributed by atoms with Crippen molar-refractivity contribution in [3.8, 4) is 0 Å². The standard InChI is InChI=1S/C31H37N7O6S/c1-19(2)27-31-35-23(18-45-31)29(43)33-21(14-20-8-4-3-5-9-20)30-34-22(17-44-30)28(42)32-11-13-38(15-24(39)36-27)26(41)16-37-12-7-6-10-25(37)40/h3-5,8-9,17-19,21,27H,6-7,10-16H2,1-2H3,(H,32,42)(H,33,43)(H,36,39)/t21-,27-/m0/s1. The van der Waals surface area contributed by atoms with Gasteiger partial charge in [-0.15, -0.1) is 11.3 Å². The topological polar surface area (TPSA) is 167 Å². The number of likely N-dealkylation sites (tertiary alicyclic amines) is 1. The summed E-state index contributed by atoms with van der Waals surface area (Å²) in [4.78, 5) is 77.2. The lowest BCUT2D eigenvalue weighted by atomic mass is 10.0. The molecule has 45 heavy (non-hydrogen) atoms. The van der Waals surface area contributed by atoms with Crippen molar-refractivity contribution in [1.82, 2.24) is 35.7 Å². The third kappa shape index (κ3) is 8.12. The van der Waals surface area contributed by atoms with Gasteiger partial charge < -0.3 is 30.2 Å². The number of carbonyl (C=O) groups excluding carboxylic acids is 5. The molecule has 5 rings (SSSR count). The number of carbonyl (C=O) groups is 5. The number of nitrogens with one attached hydrogen (secondary N) is 3. The van der Waals surface area contributed by atoms with E-state index in [0.29, 0.717) is 24.4 Å². The molecule has 0 spiro atoms. The highest BCUT2D eigenvalue weighted by Crippen LogP contribution is 2.26. The summed E-state index contributed by atoms with van der Waals surface area (Å²) in [7, 11) is 0. The van der Waals surface area contributed by atoms with Crippen molar-refractivity contribution in [3.05, 3.63) is 69.8 Å². The van der Waals surface area contributed by atoms with Crippen molar-refractivity contribution in [1.29, 1.82) is 0 Å². The monoisotopic (exact) mass is 635 g/mol. The van der Waals surface area contributed by atoms with E-state index in [1.807, 2.05) is 44.2 Å². The first-order valence-corrected chi connectivity index (χ1v) is 15.9. The van der Waals surface area contributed by atoms with E-state index in [2.05, 4.69) is 25.9 Å². The lowest BCUT2D eigenvalue weighted by Crippen LogP contribution is -2.50. The van der Waals surface area contributed by atoms with E-state index >= 15 is 0 Å². The maximum atomic E-state index is 13.4. The Hall–Kier alpha value is -4.59. The average molecular weight is 636 g/mol. The maximum Gasteiger partial charge on any atom is 0.273 e. The smallest absolute Gasteiger partial charge is 0.273 e. The Balaban J connectivity index is 1.42. The molecule has 3 aromatic rings.